The fourth-order valence-electron chi connectivity index (χ4n) is 1.97. The molecule has 1 fully saturated rings. The van der Waals surface area contributed by atoms with Gasteiger partial charge in [-0.1, -0.05) is 6.92 Å². The first-order chi connectivity index (χ1) is 7.27. The summed E-state index contributed by atoms with van der Waals surface area (Å²) < 4.78 is 5.18. The molecular weight excluding hydrogens is 190 g/mol. The van der Waals surface area contributed by atoms with Gasteiger partial charge in [-0.15, -0.1) is 0 Å². The lowest BCUT2D eigenvalue weighted by atomic mass is 9.99. The fourth-order valence-corrected chi connectivity index (χ4v) is 1.97. The lowest BCUT2D eigenvalue weighted by Crippen LogP contribution is -2.45. The summed E-state index contributed by atoms with van der Waals surface area (Å²) >= 11 is 0. The average Bonchev–Trinajstić information content (AvgIpc) is 2.27. The number of hydrogen-bond acceptors (Lipinski definition) is 2. The predicted octanol–water partition coefficient (Wildman–Crippen LogP) is 1.07. The van der Waals surface area contributed by atoms with Gasteiger partial charge >= 0.3 is 0 Å². The Bertz CT molecular complexity index is 204. The van der Waals surface area contributed by atoms with Crippen LogP contribution in [-0.2, 0) is 4.74 Å². The largest absolute Gasteiger partial charge is 0.384 e. The smallest absolute Gasteiger partial charge is 0.191 e. The summed E-state index contributed by atoms with van der Waals surface area (Å²) in [7, 11) is 1.76. The van der Waals surface area contributed by atoms with Crippen LogP contribution < -0.4 is 5.73 Å². The topological polar surface area (TPSA) is 50.8 Å². The molecule has 0 aromatic heterocycles. The number of nitrogens with zero attached hydrogens (tertiary/aromatic N) is 2. The van der Waals surface area contributed by atoms with Crippen molar-refractivity contribution < 1.29 is 4.74 Å². The van der Waals surface area contributed by atoms with Gasteiger partial charge in [-0.25, -0.2) is 0 Å². The first kappa shape index (κ1) is 12.3. The van der Waals surface area contributed by atoms with E-state index in [-0.39, 0.29) is 0 Å². The number of hydrogen-bond donors (Lipinski definition) is 1. The van der Waals surface area contributed by atoms with Gasteiger partial charge in [-0.05, 0) is 25.2 Å². The van der Waals surface area contributed by atoms with E-state index in [1.165, 1.54) is 12.8 Å². The van der Waals surface area contributed by atoms with E-state index in [0.29, 0.717) is 11.9 Å². The molecule has 1 aliphatic heterocycles. The predicted molar refractivity (Wildman–Crippen MR) is 63.0 cm³/mol. The Morgan fingerprint density at radius 2 is 2.40 bits per heavy atom. The van der Waals surface area contributed by atoms with Gasteiger partial charge in [0.2, 0.25) is 0 Å². The molecule has 1 heterocycles. The highest BCUT2D eigenvalue weighted by Crippen LogP contribution is 2.16. The number of nitrogens with two attached hydrogens (primary N) is 1. The highest BCUT2D eigenvalue weighted by molar-refractivity contribution is 5.78. The molecule has 0 bridgehead atoms. The third-order valence-corrected chi connectivity index (χ3v) is 2.74. The van der Waals surface area contributed by atoms with Crippen LogP contribution in [0.1, 0.15) is 26.2 Å². The Morgan fingerprint density at radius 1 is 1.60 bits per heavy atom. The van der Waals surface area contributed by atoms with E-state index in [1.54, 1.807) is 7.11 Å². The van der Waals surface area contributed by atoms with Crippen LogP contribution in [0.4, 0.5) is 0 Å². The zero-order valence-electron chi connectivity index (χ0n) is 9.91. The van der Waals surface area contributed by atoms with Crippen molar-refractivity contribution in [3.8, 4) is 0 Å². The van der Waals surface area contributed by atoms with E-state index in [1.807, 2.05) is 0 Å². The molecule has 0 aliphatic carbocycles. The van der Waals surface area contributed by atoms with Crippen LogP contribution in [0.25, 0.3) is 0 Å². The standard InChI is InChI=1S/C11H23N3O/c1-3-6-13-11(12)14-7-4-5-10(8-14)9-15-2/h10H,3-9H2,1-2H3,(H2,12,13). The van der Waals surface area contributed by atoms with Gasteiger partial charge in [-0.3, -0.25) is 4.99 Å². The van der Waals surface area contributed by atoms with E-state index in [9.17, 15) is 0 Å². The highest BCUT2D eigenvalue weighted by atomic mass is 16.5. The quantitative estimate of drug-likeness (QED) is 0.561. The molecule has 0 amide bonds. The Labute approximate surface area is 92.5 Å². The minimum atomic E-state index is 0.610. The van der Waals surface area contributed by atoms with Crippen molar-refractivity contribution in [2.75, 3.05) is 33.4 Å². The van der Waals surface area contributed by atoms with Crippen LogP contribution in [0.5, 0.6) is 0 Å². The highest BCUT2D eigenvalue weighted by Gasteiger charge is 2.20. The summed E-state index contributed by atoms with van der Waals surface area (Å²) in [5.41, 5.74) is 5.93. The fraction of sp³-hybridized carbons (Fsp3) is 0.909. The first-order valence-corrected chi connectivity index (χ1v) is 5.81. The number of rotatable bonds is 4. The summed E-state index contributed by atoms with van der Waals surface area (Å²) in [6, 6.07) is 0. The monoisotopic (exact) mass is 213 g/mol. The Kier molecular flexibility index (Phi) is 5.47. The lowest BCUT2D eigenvalue weighted by molar-refractivity contribution is 0.115. The van der Waals surface area contributed by atoms with Crippen molar-refractivity contribution in [3.63, 3.8) is 0 Å². The summed E-state index contributed by atoms with van der Waals surface area (Å²) in [5.74, 6) is 1.32. The van der Waals surface area contributed by atoms with Crippen LogP contribution >= 0.6 is 0 Å². The Morgan fingerprint density at radius 3 is 3.07 bits per heavy atom. The van der Waals surface area contributed by atoms with Gasteiger partial charge in [0.15, 0.2) is 5.96 Å². The van der Waals surface area contributed by atoms with E-state index < -0.39 is 0 Å². The molecule has 0 spiro atoms. The molecular formula is C11H23N3O. The molecule has 0 aromatic carbocycles. The Hall–Kier alpha value is -0.770. The average molecular weight is 213 g/mol. The third-order valence-electron chi connectivity index (χ3n) is 2.74. The Balaban J connectivity index is 2.40. The van der Waals surface area contributed by atoms with Crippen molar-refractivity contribution in [1.29, 1.82) is 0 Å². The second-order valence-corrected chi connectivity index (χ2v) is 4.15. The van der Waals surface area contributed by atoms with E-state index >= 15 is 0 Å². The number of piperidine rings is 1. The molecule has 88 valence electrons. The molecule has 0 radical (unpaired) electrons. The van der Waals surface area contributed by atoms with Crippen LogP contribution in [-0.4, -0.2) is 44.2 Å². The molecule has 1 aliphatic rings. The van der Waals surface area contributed by atoms with E-state index in [4.69, 9.17) is 10.5 Å². The normalized spacial score (nSPS) is 23.2. The minimum absolute atomic E-state index is 0.610. The van der Waals surface area contributed by atoms with Crippen LogP contribution in [0.15, 0.2) is 4.99 Å². The maximum Gasteiger partial charge on any atom is 0.191 e. The van der Waals surface area contributed by atoms with Gasteiger partial charge in [0, 0.05) is 26.7 Å². The van der Waals surface area contributed by atoms with Crippen molar-refractivity contribution >= 4 is 5.96 Å². The number of likely N-dealkylation sites (tertiary alicyclic amines) is 1. The zero-order valence-corrected chi connectivity index (χ0v) is 9.91. The molecule has 4 nitrogen and oxygen atoms in total. The van der Waals surface area contributed by atoms with Crippen molar-refractivity contribution in [2.45, 2.75) is 26.2 Å². The van der Waals surface area contributed by atoms with Crippen molar-refractivity contribution in [2.24, 2.45) is 16.6 Å². The van der Waals surface area contributed by atoms with Gasteiger partial charge < -0.3 is 15.4 Å². The SMILES string of the molecule is CCCN=C(N)N1CCCC(COC)C1. The number of guanidine groups is 1. The van der Waals surface area contributed by atoms with E-state index in [2.05, 4.69) is 16.8 Å². The molecule has 1 unspecified atom stereocenters. The van der Waals surface area contributed by atoms with Gasteiger partial charge in [-0.2, -0.15) is 0 Å². The second kappa shape index (κ2) is 6.67. The lowest BCUT2D eigenvalue weighted by Gasteiger charge is -2.33. The molecule has 1 rings (SSSR count). The molecule has 1 atom stereocenters. The molecule has 1 saturated heterocycles. The van der Waals surface area contributed by atoms with Crippen LogP contribution in [0.2, 0.25) is 0 Å². The first-order valence-electron chi connectivity index (χ1n) is 5.81. The van der Waals surface area contributed by atoms with Gasteiger partial charge in [0.25, 0.3) is 0 Å². The molecule has 0 aromatic rings. The van der Waals surface area contributed by atoms with Gasteiger partial charge in [0.1, 0.15) is 0 Å². The maximum absolute atomic E-state index is 5.93. The molecule has 15 heavy (non-hydrogen) atoms. The summed E-state index contributed by atoms with van der Waals surface area (Å²) in [5, 5.41) is 0. The maximum atomic E-state index is 5.93. The number of aliphatic imine (C=N–C) groups is 1. The number of methoxy groups -OCH3 is 1. The zero-order chi connectivity index (χ0) is 11.1. The second-order valence-electron chi connectivity index (χ2n) is 4.15. The summed E-state index contributed by atoms with van der Waals surface area (Å²) in [6.07, 6.45) is 3.48. The van der Waals surface area contributed by atoms with Crippen molar-refractivity contribution in [1.82, 2.24) is 4.90 Å². The molecule has 2 N–H and O–H groups in total. The van der Waals surface area contributed by atoms with Gasteiger partial charge in [0.05, 0.1) is 6.61 Å². The molecule has 4 heteroatoms. The number of ether oxygens (including phenoxy) is 1. The summed E-state index contributed by atoms with van der Waals surface area (Å²) in [4.78, 5) is 6.52. The van der Waals surface area contributed by atoms with Crippen LogP contribution in [0, 0.1) is 5.92 Å². The minimum Gasteiger partial charge on any atom is -0.384 e. The third kappa shape index (κ3) is 4.08. The van der Waals surface area contributed by atoms with E-state index in [0.717, 1.165) is 32.7 Å². The van der Waals surface area contributed by atoms with Crippen LogP contribution in [0.3, 0.4) is 0 Å². The van der Waals surface area contributed by atoms with Crippen molar-refractivity contribution in [3.05, 3.63) is 0 Å². The molecule has 0 saturated carbocycles. The summed E-state index contributed by atoms with van der Waals surface area (Å²) in [6.45, 7) is 5.81.